The summed E-state index contributed by atoms with van der Waals surface area (Å²) in [5.41, 5.74) is 6.82. The molecule has 2 saturated heterocycles. The molecule has 3 aliphatic rings. The highest BCUT2D eigenvalue weighted by molar-refractivity contribution is 7.92. The number of carbonyl (C=O) groups excluding carboxylic acids is 2. The first-order valence-corrected chi connectivity index (χ1v) is 34.9. The standard InChI is InChI=1S/C69H99ClFN11O11S/c1-48(2)93-62-39-57(50(5)36-60(62)77-68-75-42-58(70)67(78-68)76-59-12-10-11-13-63(59)94(85,86)49(3)4)54-18-21-80(22-19-54)45-64(83)72-20-24-87-26-28-89-30-32-91-34-35-92-33-31-90-29-27-88-25-23-79(9)44-56-41-73-51(6)43-81(56)46-65(84)82-47-69(7,8)66-61(82)38-53(40-74-66)37-52-14-16-55(71)17-15-52/h10-17,36,38-40,42,48-49,51,54,56,73H,18-35,37,41,43-47H2,1-9H3,(H,72,83)(H2,75,76,77,78)/t51-,56-/m1/s1. The molecular formula is C69H99ClFN11O11S. The van der Waals surface area contributed by atoms with Crippen molar-refractivity contribution >= 4 is 62.1 Å². The number of likely N-dealkylation sites (N-methyl/N-ethyl adjacent to an activating group) is 1. The van der Waals surface area contributed by atoms with E-state index in [0.29, 0.717) is 129 Å². The molecule has 8 rings (SSSR count). The van der Waals surface area contributed by atoms with Gasteiger partial charge in [0.25, 0.3) is 0 Å². The van der Waals surface area contributed by atoms with Crippen molar-refractivity contribution in [1.29, 1.82) is 0 Å². The van der Waals surface area contributed by atoms with Crippen molar-refractivity contribution in [3.8, 4) is 5.75 Å². The number of halogens is 2. The van der Waals surface area contributed by atoms with Crippen molar-refractivity contribution < 1.29 is 55.6 Å². The first kappa shape index (κ1) is 73.8. The third-order valence-electron chi connectivity index (χ3n) is 16.8. The maximum atomic E-state index is 14.1. The number of hydrogen-bond acceptors (Lipinski definition) is 20. The van der Waals surface area contributed by atoms with Crippen LogP contribution in [0.4, 0.5) is 33.2 Å². The van der Waals surface area contributed by atoms with E-state index in [9.17, 15) is 22.4 Å². The number of para-hydroxylation sites is 1. The number of aryl methyl sites for hydroxylation is 1. The molecule has 5 aromatic rings. The molecule has 0 aliphatic carbocycles. The number of aromatic nitrogens is 3. The maximum Gasteiger partial charge on any atom is 0.241 e. The average Bonchev–Trinajstić information content (AvgIpc) is 1.58. The van der Waals surface area contributed by atoms with Crippen LogP contribution in [0.3, 0.4) is 0 Å². The molecule has 0 bridgehead atoms. The number of rotatable bonds is 38. The molecule has 25 heteroatoms. The number of anilines is 5. The average molecular weight is 1350 g/mol. The summed E-state index contributed by atoms with van der Waals surface area (Å²) in [6.45, 7) is 27.4. The number of likely N-dealkylation sites (tertiary alicyclic amines) is 1. The number of pyridine rings is 1. The molecule has 5 heterocycles. The SMILES string of the molecule is Cc1cc(Nc2ncc(Cl)c(Nc3ccccc3S(=O)(=O)C(C)C)n2)c(OC(C)C)cc1C1CCN(CC(=O)NCCOCCOCCOCCOCCOCCOCCN(C)C[C@H]2CN[C@H](C)CN2CC(=O)N2CC(C)(C)c3ncc(Cc4ccc(F)cc4)cc32)CC1. The van der Waals surface area contributed by atoms with Gasteiger partial charge in [0.05, 0.1) is 138 Å². The first-order valence-electron chi connectivity index (χ1n) is 33.0. The van der Waals surface area contributed by atoms with Crippen LogP contribution in [0.2, 0.25) is 5.02 Å². The van der Waals surface area contributed by atoms with Crippen molar-refractivity contribution in [2.45, 2.75) is 114 Å². The van der Waals surface area contributed by atoms with Crippen LogP contribution in [0, 0.1) is 12.7 Å². The lowest BCUT2D eigenvalue weighted by molar-refractivity contribution is -0.123. The van der Waals surface area contributed by atoms with Crippen LogP contribution in [0.1, 0.15) is 95.2 Å². The van der Waals surface area contributed by atoms with E-state index in [2.05, 4.69) is 92.8 Å². The van der Waals surface area contributed by atoms with Crippen LogP contribution < -0.4 is 30.9 Å². The Bertz CT molecular complexity index is 3330. The van der Waals surface area contributed by atoms with Gasteiger partial charge in [0.15, 0.2) is 15.7 Å². The summed E-state index contributed by atoms with van der Waals surface area (Å²) in [6, 6.07) is 19.8. The molecular weight excluding hydrogens is 1250 g/mol. The lowest BCUT2D eigenvalue weighted by Gasteiger charge is -2.41. The lowest BCUT2D eigenvalue weighted by atomic mass is 9.86. The van der Waals surface area contributed by atoms with Gasteiger partial charge in [0, 0.05) is 63.0 Å². The van der Waals surface area contributed by atoms with Crippen LogP contribution in [-0.2, 0) is 59.7 Å². The van der Waals surface area contributed by atoms with Gasteiger partial charge < -0.3 is 64.2 Å². The molecule has 0 unspecified atom stereocenters. The second kappa shape index (κ2) is 36.4. The quantitative estimate of drug-likeness (QED) is 0.0272. The molecule has 2 atom stereocenters. The maximum absolute atomic E-state index is 14.1. The van der Waals surface area contributed by atoms with Crippen LogP contribution in [0.25, 0.3) is 0 Å². The van der Waals surface area contributed by atoms with Gasteiger partial charge in [0.1, 0.15) is 16.6 Å². The van der Waals surface area contributed by atoms with Crippen molar-refractivity contribution in [2.24, 2.45) is 0 Å². The monoisotopic (exact) mass is 1340 g/mol. The van der Waals surface area contributed by atoms with Crippen molar-refractivity contribution in [2.75, 3.05) is 167 Å². The topological polar surface area (TPSA) is 233 Å². The lowest BCUT2D eigenvalue weighted by Crippen LogP contribution is -2.60. The predicted octanol–water partition coefficient (Wildman–Crippen LogP) is 8.33. The number of carbonyl (C=O) groups is 2. The fourth-order valence-electron chi connectivity index (χ4n) is 11.8. The van der Waals surface area contributed by atoms with E-state index in [1.54, 1.807) is 50.2 Å². The Morgan fingerprint density at radius 1 is 0.798 bits per heavy atom. The van der Waals surface area contributed by atoms with Gasteiger partial charge in [-0.2, -0.15) is 4.98 Å². The Morgan fingerprint density at radius 3 is 2.09 bits per heavy atom. The second-order valence-corrected chi connectivity index (χ2v) is 28.6. The number of sulfone groups is 1. The zero-order valence-electron chi connectivity index (χ0n) is 56.4. The van der Waals surface area contributed by atoms with Crippen LogP contribution >= 0.6 is 11.6 Å². The fraction of sp³-hybridized carbons (Fsp3) is 0.580. The third kappa shape index (κ3) is 22.3. The number of amides is 2. The zero-order valence-corrected chi connectivity index (χ0v) is 57.9. The minimum atomic E-state index is -3.59. The Morgan fingerprint density at radius 2 is 1.44 bits per heavy atom. The van der Waals surface area contributed by atoms with Crippen LogP contribution in [0.15, 0.2) is 84.0 Å². The van der Waals surface area contributed by atoms with Gasteiger partial charge in [-0.25, -0.2) is 17.8 Å². The Labute approximate surface area is 560 Å². The molecule has 0 spiro atoms. The van der Waals surface area contributed by atoms with Gasteiger partial charge in [-0.3, -0.25) is 24.4 Å². The number of fused-ring (bicyclic) bond motifs is 1. The normalized spacial score (nSPS) is 17.1. The zero-order chi connectivity index (χ0) is 67.2. The molecule has 22 nitrogen and oxygen atoms in total. The molecule has 4 N–H and O–H groups in total. The summed E-state index contributed by atoms with van der Waals surface area (Å²) < 4.78 is 80.4. The smallest absolute Gasteiger partial charge is 0.241 e. The Hall–Kier alpha value is -6.00. The summed E-state index contributed by atoms with van der Waals surface area (Å²) in [7, 11) is -1.50. The number of piperazine rings is 1. The van der Waals surface area contributed by atoms with E-state index in [1.165, 1.54) is 23.9 Å². The number of ether oxygens (including phenoxy) is 7. The van der Waals surface area contributed by atoms with Gasteiger partial charge in [-0.15, -0.1) is 0 Å². The number of nitrogens with one attached hydrogen (secondary N) is 4. The van der Waals surface area contributed by atoms with E-state index in [0.717, 1.165) is 80.2 Å². The van der Waals surface area contributed by atoms with E-state index >= 15 is 0 Å². The van der Waals surface area contributed by atoms with Crippen LogP contribution in [0.5, 0.6) is 5.75 Å². The van der Waals surface area contributed by atoms with Crippen molar-refractivity contribution in [3.63, 3.8) is 0 Å². The molecule has 2 aromatic heterocycles. The molecule has 3 aliphatic heterocycles. The summed E-state index contributed by atoms with van der Waals surface area (Å²) in [6.07, 6.45) is 5.62. The van der Waals surface area contributed by atoms with Crippen molar-refractivity contribution in [3.05, 3.63) is 118 Å². The summed E-state index contributed by atoms with van der Waals surface area (Å²) in [4.78, 5) is 49.7. The number of piperidine rings is 1. The summed E-state index contributed by atoms with van der Waals surface area (Å²) >= 11 is 6.53. The summed E-state index contributed by atoms with van der Waals surface area (Å²) in [5, 5.41) is 12.6. The van der Waals surface area contributed by atoms with Gasteiger partial charge >= 0.3 is 0 Å². The van der Waals surface area contributed by atoms with E-state index in [4.69, 9.17) is 49.7 Å². The molecule has 94 heavy (non-hydrogen) atoms. The largest absolute Gasteiger partial charge is 0.489 e. The van der Waals surface area contributed by atoms with E-state index in [-0.39, 0.29) is 68.8 Å². The molecule has 0 saturated carbocycles. The molecule has 516 valence electrons. The van der Waals surface area contributed by atoms with E-state index in [1.807, 2.05) is 31.0 Å². The third-order valence-corrected chi connectivity index (χ3v) is 19.3. The highest BCUT2D eigenvalue weighted by Gasteiger charge is 2.41. The molecule has 2 fully saturated rings. The number of benzene rings is 3. The predicted molar refractivity (Wildman–Crippen MR) is 365 cm³/mol. The number of nitrogens with zero attached hydrogens (tertiary/aromatic N) is 7. The number of hydrogen-bond donors (Lipinski definition) is 4. The minimum absolute atomic E-state index is 0.0371. The van der Waals surface area contributed by atoms with Crippen molar-refractivity contribution in [1.82, 2.24) is 40.3 Å². The minimum Gasteiger partial charge on any atom is -0.489 e. The highest BCUT2D eigenvalue weighted by atomic mass is 35.5. The van der Waals surface area contributed by atoms with Gasteiger partial charge in [-0.1, -0.05) is 49.7 Å². The molecule has 0 radical (unpaired) electrons. The van der Waals surface area contributed by atoms with E-state index < -0.39 is 15.1 Å². The highest BCUT2D eigenvalue weighted by Crippen LogP contribution is 2.41. The Balaban J connectivity index is 0.608. The molecule has 3 aromatic carbocycles. The Kier molecular flexibility index (Phi) is 28.6. The summed E-state index contributed by atoms with van der Waals surface area (Å²) in [5.74, 6) is 1.21. The van der Waals surface area contributed by atoms with Gasteiger partial charge in [-0.05, 0) is 152 Å². The van der Waals surface area contributed by atoms with Gasteiger partial charge in [0.2, 0.25) is 17.8 Å². The fourth-order valence-corrected chi connectivity index (χ4v) is 13.2. The second-order valence-electron chi connectivity index (χ2n) is 25.7. The van der Waals surface area contributed by atoms with Crippen LogP contribution in [-0.4, -0.2) is 225 Å². The first-order chi connectivity index (χ1) is 45.1. The molecule has 2 amide bonds.